The van der Waals surface area contributed by atoms with E-state index in [1.54, 1.807) is 19.2 Å². The van der Waals surface area contributed by atoms with Crippen LogP contribution in [0, 0.1) is 0 Å². The van der Waals surface area contributed by atoms with E-state index in [0.717, 1.165) is 17.0 Å². The molecule has 1 atom stereocenters. The van der Waals surface area contributed by atoms with Gasteiger partial charge in [-0.15, -0.1) is 10.2 Å². The minimum Gasteiger partial charge on any atom is -0.497 e. The van der Waals surface area contributed by atoms with Gasteiger partial charge < -0.3 is 15.4 Å². The fraction of sp³-hybridized carbons (Fsp3) is 0.150. The average molecular weight is 348 g/mol. The van der Waals surface area contributed by atoms with Gasteiger partial charge in [-0.1, -0.05) is 36.4 Å². The molecule has 6 nitrogen and oxygen atoms in total. The smallest absolute Gasteiger partial charge is 0.272 e. The maximum Gasteiger partial charge on any atom is 0.272 e. The van der Waals surface area contributed by atoms with Crippen LogP contribution in [0.15, 0.2) is 66.7 Å². The largest absolute Gasteiger partial charge is 0.497 e. The molecule has 1 aromatic heterocycles. The van der Waals surface area contributed by atoms with Crippen molar-refractivity contribution in [1.82, 2.24) is 15.5 Å². The molecule has 2 aromatic carbocycles. The molecule has 0 aliphatic carbocycles. The van der Waals surface area contributed by atoms with Gasteiger partial charge in [0.05, 0.1) is 13.2 Å². The molecule has 0 fully saturated rings. The number of aromatic nitrogens is 2. The minimum atomic E-state index is -0.262. The molecule has 0 radical (unpaired) electrons. The average Bonchev–Trinajstić information content (AvgIpc) is 2.69. The van der Waals surface area contributed by atoms with Gasteiger partial charge >= 0.3 is 0 Å². The Balaban J connectivity index is 1.64. The normalized spacial score (nSPS) is 11.5. The third kappa shape index (κ3) is 4.36. The van der Waals surface area contributed by atoms with Gasteiger partial charge in [0, 0.05) is 11.8 Å². The Labute approximate surface area is 152 Å². The predicted molar refractivity (Wildman–Crippen MR) is 101 cm³/mol. The number of benzene rings is 2. The summed E-state index contributed by atoms with van der Waals surface area (Å²) in [6, 6.07) is 20.5. The Bertz CT molecular complexity index is 866. The Morgan fingerprint density at radius 3 is 2.50 bits per heavy atom. The number of ether oxygens (including phenoxy) is 1. The zero-order valence-corrected chi connectivity index (χ0v) is 14.6. The standard InChI is InChI=1S/C20H20N4O2/c1-14(15-7-4-3-5-8-15)21-20(25)18-11-12-19(24-23-18)22-16-9-6-10-17(13-16)26-2/h3-14H,1-2H3,(H,21,25)(H,22,24). The number of nitrogens with one attached hydrogen (secondary N) is 2. The Hall–Kier alpha value is -3.41. The van der Waals surface area contributed by atoms with Crippen LogP contribution in [0.1, 0.15) is 29.0 Å². The Morgan fingerprint density at radius 2 is 1.81 bits per heavy atom. The molecule has 3 rings (SSSR count). The monoisotopic (exact) mass is 348 g/mol. The van der Waals surface area contributed by atoms with E-state index in [4.69, 9.17) is 4.74 Å². The maximum atomic E-state index is 12.3. The molecule has 6 heteroatoms. The van der Waals surface area contributed by atoms with E-state index in [2.05, 4.69) is 20.8 Å². The molecule has 0 aliphatic heterocycles. The molecule has 0 aliphatic rings. The van der Waals surface area contributed by atoms with Gasteiger partial charge in [-0.2, -0.15) is 0 Å². The molecule has 3 aromatic rings. The van der Waals surface area contributed by atoms with E-state index in [-0.39, 0.29) is 17.6 Å². The number of nitrogens with zero attached hydrogens (tertiary/aromatic N) is 2. The van der Waals surface area contributed by atoms with Gasteiger partial charge in [0.2, 0.25) is 0 Å². The van der Waals surface area contributed by atoms with Crippen LogP contribution in [0.4, 0.5) is 11.5 Å². The third-order valence-corrected chi connectivity index (χ3v) is 3.89. The highest BCUT2D eigenvalue weighted by molar-refractivity contribution is 5.92. The maximum absolute atomic E-state index is 12.3. The van der Waals surface area contributed by atoms with Crippen LogP contribution in [-0.2, 0) is 0 Å². The predicted octanol–water partition coefficient (Wildman–Crippen LogP) is 3.72. The lowest BCUT2D eigenvalue weighted by atomic mass is 10.1. The van der Waals surface area contributed by atoms with Crippen LogP contribution in [-0.4, -0.2) is 23.2 Å². The van der Waals surface area contributed by atoms with Crippen LogP contribution < -0.4 is 15.4 Å². The van der Waals surface area contributed by atoms with E-state index in [1.165, 1.54) is 0 Å². The van der Waals surface area contributed by atoms with Crippen molar-refractivity contribution in [3.63, 3.8) is 0 Å². The molecular formula is C20H20N4O2. The van der Waals surface area contributed by atoms with Crippen molar-refractivity contribution < 1.29 is 9.53 Å². The second kappa shape index (κ2) is 8.11. The molecule has 2 N–H and O–H groups in total. The van der Waals surface area contributed by atoms with Gasteiger partial charge in [0.1, 0.15) is 5.75 Å². The van der Waals surface area contributed by atoms with Gasteiger partial charge in [-0.25, -0.2) is 0 Å². The number of carbonyl (C=O) groups is 1. The second-order valence-corrected chi connectivity index (χ2v) is 5.77. The Morgan fingerprint density at radius 1 is 1.00 bits per heavy atom. The summed E-state index contributed by atoms with van der Waals surface area (Å²) in [5.41, 5.74) is 2.13. The molecular weight excluding hydrogens is 328 g/mol. The van der Waals surface area contributed by atoms with Crippen LogP contribution in [0.25, 0.3) is 0 Å². The highest BCUT2D eigenvalue weighted by Crippen LogP contribution is 2.20. The summed E-state index contributed by atoms with van der Waals surface area (Å²) in [5.74, 6) is 1.03. The highest BCUT2D eigenvalue weighted by atomic mass is 16.5. The summed E-state index contributed by atoms with van der Waals surface area (Å²) in [6.07, 6.45) is 0. The molecule has 0 bridgehead atoms. The van der Waals surface area contributed by atoms with Crippen molar-refractivity contribution in [3.8, 4) is 5.75 Å². The number of methoxy groups -OCH3 is 1. The lowest BCUT2D eigenvalue weighted by molar-refractivity contribution is 0.0934. The zero-order chi connectivity index (χ0) is 18.4. The van der Waals surface area contributed by atoms with Gasteiger partial charge in [-0.05, 0) is 36.8 Å². The van der Waals surface area contributed by atoms with E-state index < -0.39 is 0 Å². The van der Waals surface area contributed by atoms with Crippen LogP contribution in [0.2, 0.25) is 0 Å². The van der Waals surface area contributed by atoms with E-state index in [1.807, 2.05) is 61.5 Å². The van der Waals surface area contributed by atoms with Crippen LogP contribution in [0.3, 0.4) is 0 Å². The van der Waals surface area contributed by atoms with Crippen molar-refractivity contribution in [2.45, 2.75) is 13.0 Å². The van der Waals surface area contributed by atoms with Gasteiger partial charge in [-0.3, -0.25) is 4.79 Å². The SMILES string of the molecule is COc1cccc(Nc2ccc(C(=O)NC(C)c3ccccc3)nn2)c1. The zero-order valence-electron chi connectivity index (χ0n) is 14.6. The molecule has 0 spiro atoms. The first-order valence-corrected chi connectivity index (χ1v) is 8.26. The number of amides is 1. The minimum absolute atomic E-state index is 0.111. The molecule has 1 unspecified atom stereocenters. The lowest BCUT2D eigenvalue weighted by Crippen LogP contribution is -2.27. The summed E-state index contributed by atoms with van der Waals surface area (Å²) in [4.78, 5) is 12.3. The number of rotatable bonds is 6. The van der Waals surface area contributed by atoms with Crippen LogP contribution >= 0.6 is 0 Å². The second-order valence-electron chi connectivity index (χ2n) is 5.77. The first kappa shape index (κ1) is 17.4. The summed E-state index contributed by atoms with van der Waals surface area (Å²) >= 11 is 0. The molecule has 26 heavy (non-hydrogen) atoms. The number of hydrogen-bond acceptors (Lipinski definition) is 5. The summed E-state index contributed by atoms with van der Waals surface area (Å²) in [6.45, 7) is 1.93. The molecule has 1 heterocycles. The molecule has 0 saturated heterocycles. The van der Waals surface area contributed by atoms with Gasteiger partial charge in [0.15, 0.2) is 11.5 Å². The summed E-state index contributed by atoms with van der Waals surface area (Å²) in [7, 11) is 1.61. The lowest BCUT2D eigenvalue weighted by Gasteiger charge is -2.13. The highest BCUT2D eigenvalue weighted by Gasteiger charge is 2.13. The van der Waals surface area contributed by atoms with Gasteiger partial charge in [0.25, 0.3) is 5.91 Å². The fourth-order valence-corrected chi connectivity index (χ4v) is 2.46. The number of carbonyl (C=O) groups excluding carboxylic acids is 1. The number of hydrogen-bond donors (Lipinski definition) is 2. The van der Waals surface area contributed by atoms with Crippen molar-refractivity contribution in [1.29, 1.82) is 0 Å². The Kier molecular flexibility index (Phi) is 5.43. The van der Waals surface area contributed by atoms with Crippen molar-refractivity contribution >= 4 is 17.4 Å². The number of anilines is 2. The summed E-state index contributed by atoms with van der Waals surface area (Å²) in [5, 5.41) is 14.1. The first-order valence-electron chi connectivity index (χ1n) is 8.26. The van der Waals surface area contributed by atoms with Crippen LogP contribution in [0.5, 0.6) is 5.75 Å². The van der Waals surface area contributed by atoms with E-state index in [0.29, 0.717) is 5.82 Å². The van der Waals surface area contributed by atoms with E-state index >= 15 is 0 Å². The third-order valence-electron chi connectivity index (χ3n) is 3.89. The van der Waals surface area contributed by atoms with E-state index in [9.17, 15) is 4.79 Å². The quantitative estimate of drug-likeness (QED) is 0.710. The van der Waals surface area contributed by atoms with Crippen molar-refractivity contribution in [3.05, 3.63) is 78.0 Å². The molecule has 1 amide bonds. The molecule has 0 saturated carbocycles. The van der Waals surface area contributed by atoms with Crippen molar-refractivity contribution in [2.75, 3.05) is 12.4 Å². The fourth-order valence-electron chi connectivity index (χ4n) is 2.46. The summed E-state index contributed by atoms with van der Waals surface area (Å²) < 4.78 is 5.19. The van der Waals surface area contributed by atoms with Crippen molar-refractivity contribution in [2.24, 2.45) is 0 Å². The molecule has 132 valence electrons. The topological polar surface area (TPSA) is 76.1 Å². The first-order chi connectivity index (χ1) is 12.7.